The Bertz CT molecular complexity index is 2340. The van der Waals surface area contributed by atoms with Crippen molar-refractivity contribution in [1.29, 1.82) is 5.41 Å². The Morgan fingerprint density at radius 1 is 0.625 bits per heavy atom. The SMILES string of the molecule is CCn1c(-c2ccc(-c3cccc(C(=N)/C(=C4\NC(c5ccccc5)=Cc5ccccc54)c4ccccc4)c3)cc2)nc2ccccc21. The van der Waals surface area contributed by atoms with Gasteiger partial charge < -0.3 is 9.88 Å². The summed E-state index contributed by atoms with van der Waals surface area (Å²) in [5.41, 5.74) is 13.8. The van der Waals surface area contributed by atoms with Crippen LogP contribution in [-0.2, 0) is 6.54 Å². The van der Waals surface area contributed by atoms with Gasteiger partial charge in [0.15, 0.2) is 0 Å². The molecule has 4 nitrogen and oxygen atoms in total. The van der Waals surface area contributed by atoms with E-state index >= 15 is 0 Å². The molecule has 0 radical (unpaired) electrons. The van der Waals surface area contributed by atoms with Crippen LogP contribution in [0, 0.1) is 5.41 Å². The fourth-order valence-corrected chi connectivity index (χ4v) is 6.66. The molecule has 48 heavy (non-hydrogen) atoms. The molecule has 0 fully saturated rings. The molecule has 7 aromatic rings. The van der Waals surface area contributed by atoms with E-state index in [0.29, 0.717) is 5.71 Å². The van der Waals surface area contributed by atoms with Crippen LogP contribution in [0.5, 0.6) is 0 Å². The van der Waals surface area contributed by atoms with Crippen molar-refractivity contribution in [1.82, 2.24) is 14.9 Å². The van der Waals surface area contributed by atoms with Crippen LogP contribution in [0.25, 0.3) is 56.6 Å². The smallest absolute Gasteiger partial charge is 0.141 e. The van der Waals surface area contributed by atoms with Crippen molar-refractivity contribution in [2.75, 3.05) is 0 Å². The van der Waals surface area contributed by atoms with Crippen LogP contribution >= 0.6 is 0 Å². The normalized spacial score (nSPS) is 13.4. The standard InChI is InChI=1S/C44H34N4/c1-2-48-40-23-12-11-22-38(40)47-44(48)33-26-24-30(25-27-33)34-19-13-20-36(28-34)42(45)41(32-16-7-4-8-17-32)43-37-21-10-9-18-35(37)29-39(46-43)31-14-5-3-6-15-31/h3-29,45-46H,2H2,1H3/b43-41-,45-42?. The van der Waals surface area contributed by atoms with Crippen LogP contribution < -0.4 is 5.32 Å². The minimum absolute atomic E-state index is 0.461. The first-order chi connectivity index (χ1) is 23.7. The maximum atomic E-state index is 9.75. The van der Waals surface area contributed by atoms with E-state index in [1.807, 2.05) is 36.4 Å². The van der Waals surface area contributed by atoms with Gasteiger partial charge in [0.05, 0.1) is 22.4 Å². The molecule has 0 unspecified atom stereocenters. The first-order valence-electron chi connectivity index (χ1n) is 16.4. The number of imidazole rings is 1. The van der Waals surface area contributed by atoms with Crippen molar-refractivity contribution in [2.45, 2.75) is 13.5 Å². The zero-order valence-corrected chi connectivity index (χ0v) is 26.7. The number of para-hydroxylation sites is 2. The van der Waals surface area contributed by atoms with Crippen molar-refractivity contribution in [3.8, 4) is 22.5 Å². The van der Waals surface area contributed by atoms with E-state index in [4.69, 9.17) is 4.98 Å². The van der Waals surface area contributed by atoms with Crippen LogP contribution in [0.4, 0.5) is 0 Å². The van der Waals surface area contributed by atoms with E-state index in [0.717, 1.165) is 84.9 Å². The van der Waals surface area contributed by atoms with Gasteiger partial charge in [-0.3, -0.25) is 5.41 Å². The Balaban J connectivity index is 1.20. The number of rotatable bonds is 7. The molecule has 0 bridgehead atoms. The number of aromatic nitrogens is 2. The average Bonchev–Trinajstić information content (AvgIpc) is 3.54. The lowest BCUT2D eigenvalue weighted by atomic mass is 9.87. The molecule has 230 valence electrons. The molecule has 1 aliphatic rings. The van der Waals surface area contributed by atoms with Crippen LogP contribution in [0.15, 0.2) is 158 Å². The molecule has 0 saturated carbocycles. The van der Waals surface area contributed by atoms with Crippen LogP contribution in [0.3, 0.4) is 0 Å². The number of benzene rings is 6. The van der Waals surface area contributed by atoms with E-state index in [2.05, 4.69) is 144 Å². The molecule has 0 atom stereocenters. The molecular formula is C44H34N4. The molecule has 8 rings (SSSR count). The second-order valence-electron chi connectivity index (χ2n) is 12.0. The fourth-order valence-electron chi connectivity index (χ4n) is 6.66. The van der Waals surface area contributed by atoms with Gasteiger partial charge in [-0.15, -0.1) is 0 Å². The highest BCUT2D eigenvalue weighted by Gasteiger charge is 2.23. The zero-order chi connectivity index (χ0) is 32.5. The summed E-state index contributed by atoms with van der Waals surface area (Å²) in [7, 11) is 0. The van der Waals surface area contributed by atoms with Gasteiger partial charge >= 0.3 is 0 Å². The van der Waals surface area contributed by atoms with Gasteiger partial charge in [0.1, 0.15) is 5.82 Å². The molecule has 1 aromatic heterocycles. The largest absolute Gasteiger partial charge is 0.354 e. The highest BCUT2D eigenvalue weighted by atomic mass is 15.1. The van der Waals surface area contributed by atoms with E-state index in [-0.39, 0.29) is 0 Å². The minimum Gasteiger partial charge on any atom is -0.354 e. The van der Waals surface area contributed by atoms with Gasteiger partial charge in [-0.2, -0.15) is 0 Å². The third-order valence-electron chi connectivity index (χ3n) is 9.04. The van der Waals surface area contributed by atoms with Crippen molar-refractivity contribution >= 4 is 39.8 Å². The van der Waals surface area contributed by atoms with E-state index in [9.17, 15) is 5.41 Å². The molecule has 0 saturated heterocycles. The summed E-state index contributed by atoms with van der Waals surface area (Å²) in [4.78, 5) is 4.95. The quantitative estimate of drug-likeness (QED) is 0.175. The van der Waals surface area contributed by atoms with Gasteiger partial charge in [-0.25, -0.2) is 4.98 Å². The summed E-state index contributed by atoms with van der Waals surface area (Å²) in [6, 6.07) is 54.3. The van der Waals surface area contributed by atoms with Crippen molar-refractivity contribution in [3.63, 3.8) is 0 Å². The summed E-state index contributed by atoms with van der Waals surface area (Å²) in [6.07, 6.45) is 2.19. The number of nitrogens with one attached hydrogen (secondary N) is 2. The Labute approximate surface area is 280 Å². The van der Waals surface area contributed by atoms with Gasteiger partial charge in [0, 0.05) is 34.5 Å². The van der Waals surface area contributed by atoms with Gasteiger partial charge in [-0.1, -0.05) is 140 Å². The predicted octanol–water partition coefficient (Wildman–Crippen LogP) is 10.4. The third-order valence-corrected chi connectivity index (χ3v) is 9.04. The van der Waals surface area contributed by atoms with Crippen LogP contribution in [-0.4, -0.2) is 15.3 Å². The van der Waals surface area contributed by atoms with Crippen LogP contribution in [0.1, 0.15) is 34.7 Å². The second-order valence-corrected chi connectivity index (χ2v) is 12.0. The lowest BCUT2D eigenvalue weighted by molar-refractivity contribution is 0.796. The number of nitrogens with zero attached hydrogens (tertiary/aromatic N) is 2. The molecule has 0 amide bonds. The molecule has 0 spiro atoms. The minimum atomic E-state index is 0.461. The molecule has 4 heteroatoms. The average molecular weight is 619 g/mol. The monoisotopic (exact) mass is 618 g/mol. The first kappa shape index (κ1) is 29.2. The number of hydrogen-bond donors (Lipinski definition) is 2. The number of allylic oxidation sites excluding steroid dienone is 1. The van der Waals surface area contributed by atoms with E-state index < -0.39 is 0 Å². The van der Waals surface area contributed by atoms with Gasteiger partial charge in [0.2, 0.25) is 0 Å². The van der Waals surface area contributed by atoms with Crippen molar-refractivity contribution in [3.05, 3.63) is 186 Å². The molecule has 1 aliphatic heterocycles. The van der Waals surface area contributed by atoms with E-state index in [1.54, 1.807) is 0 Å². The maximum absolute atomic E-state index is 9.75. The Hall–Kier alpha value is -6.26. The first-order valence-corrected chi connectivity index (χ1v) is 16.4. The second kappa shape index (κ2) is 12.5. The van der Waals surface area contributed by atoms with Gasteiger partial charge in [-0.05, 0) is 59.0 Å². The highest BCUT2D eigenvalue weighted by Crippen LogP contribution is 2.37. The Morgan fingerprint density at radius 3 is 2.06 bits per heavy atom. The number of hydrogen-bond acceptors (Lipinski definition) is 3. The zero-order valence-electron chi connectivity index (χ0n) is 26.7. The van der Waals surface area contributed by atoms with E-state index in [1.165, 1.54) is 0 Å². The summed E-state index contributed by atoms with van der Waals surface area (Å²) in [5, 5.41) is 13.5. The third kappa shape index (κ3) is 5.33. The number of fused-ring (bicyclic) bond motifs is 2. The molecule has 2 N–H and O–H groups in total. The lowest BCUT2D eigenvalue weighted by Crippen LogP contribution is -2.20. The van der Waals surface area contributed by atoms with Gasteiger partial charge in [0.25, 0.3) is 0 Å². The summed E-state index contributed by atoms with van der Waals surface area (Å²) in [6.45, 7) is 3.01. The summed E-state index contributed by atoms with van der Waals surface area (Å²) < 4.78 is 2.26. The molecule has 6 aromatic carbocycles. The number of aryl methyl sites for hydroxylation is 1. The van der Waals surface area contributed by atoms with Crippen molar-refractivity contribution < 1.29 is 0 Å². The van der Waals surface area contributed by atoms with Crippen molar-refractivity contribution in [2.24, 2.45) is 0 Å². The Morgan fingerprint density at radius 2 is 1.27 bits per heavy atom. The molecule has 0 aliphatic carbocycles. The van der Waals surface area contributed by atoms with Crippen LogP contribution in [0.2, 0.25) is 0 Å². The summed E-state index contributed by atoms with van der Waals surface area (Å²) in [5.74, 6) is 0.976. The highest BCUT2D eigenvalue weighted by molar-refractivity contribution is 6.36. The Kier molecular flexibility index (Phi) is 7.60. The summed E-state index contributed by atoms with van der Waals surface area (Å²) >= 11 is 0. The maximum Gasteiger partial charge on any atom is 0.141 e. The predicted molar refractivity (Wildman–Crippen MR) is 200 cm³/mol. The molecular weight excluding hydrogens is 585 g/mol. The topological polar surface area (TPSA) is 53.7 Å². The lowest BCUT2D eigenvalue weighted by Gasteiger charge is -2.26. The fraction of sp³-hybridized carbons (Fsp3) is 0.0455. The molecule has 2 heterocycles.